The predicted molar refractivity (Wildman–Crippen MR) is 81.6 cm³/mol. The van der Waals surface area contributed by atoms with E-state index in [1.165, 1.54) is 16.7 Å². The minimum absolute atomic E-state index is 0.292. The Kier molecular flexibility index (Phi) is 3.69. The highest BCUT2D eigenvalue weighted by Crippen LogP contribution is 2.31. The molecule has 19 heavy (non-hydrogen) atoms. The van der Waals surface area contributed by atoms with Crippen molar-refractivity contribution in [3.63, 3.8) is 0 Å². The van der Waals surface area contributed by atoms with E-state index < -0.39 is 0 Å². The van der Waals surface area contributed by atoms with Gasteiger partial charge in [-0.1, -0.05) is 52.3 Å². The minimum atomic E-state index is 0.292. The summed E-state index contributed by atoms with van der Waals surface area (Å²) in [5.74, 6) is 0. The molecule has 1 heterocycles. The zero-order chi connectivity index (χ0) is 13.2. The molecular weight excluding hydrogens is 300 g/mol. The zero-order valence-electron chi connectivity index (χ0n) is 10.7. The van der Waals surface area contributed by atoms with Crippen LogP contribution in [-0.4, -0.2) is 11.4 Å². The Balaban J connectivity index is 1.83. The molecule has 0 amide bonds. The number of nitrogens with two attached hydrogens (primary N) is 1. The molecule has 0 fully saturated rings. The standard InChI is InChI=1S/C16H17BrN2/c17-15-7-5-12(6-8-15)16(9-18)19-10-13-3-1-2-4-14(13)11-19/h1-8,16H,9-11,18H2. The maximum atomic E-state index is 6.00. The topological polar surface area (TPSA) is 29.3 Å². The van der Waals surface area contributed by atoms with Crippen molar-refractivity contribution < 1.29 is 0 Å². The normalized spacial score (nSPS) is 16.3. The Labute approximate surface area is 122 Å². The number of fused-ring (bicyclic) bond motifs is 1. The fourth-order valence-electron chi connectivity index (χ4n) is 2.76. The summed E-state index contributed by atoms with van der Waals surface area (Å²) >= 11 is 3.48. The van der Waals surface area contributed by atoms with Crippen LogP contribution in [0.5, 0.6) is 0 Å². The van der Waals surface area contributed by atoms with Crippen LogP contribution in [0, 0.1) is 0 Å². The minimum Gasteiger partial charge on any atom is -0.329 e. The summed E-state index contributed by atoms with van der Waals surface area (Å²) in [7, 11) is 0. The number of hydrogen-bond acceptors (Lipinski definition) is 2. The second-order valence-corrected chi connectivity index (χ2v) is 5.89. The SMILES string of the molecule is NCC(c1ccc(Br)cc1)N1Cc2ccccc2C1. The number of hydrogen-bond donors (Lipinski definition) is 1. The summed E-state index contributed by atoms with van der Waals surface area (Å²) in [5.41, 5.74) is 10.2. The molecule has 0 saturated heterocycles. The van der Waals surface area contributed by atoms with Crippen LogP contribution in [-0.2, 0) is 13.1 Å². The summed E-state index contributed by atoms with van der Waals surface area (Å²) in [5, 5.41) is 0. The van der Waals surface area contributed by atoms with Gasteiger partial charge in [0.15, 0.2) is 0 Å². The van der Waals surface area contributed by atoms with Gasteiger partial charge in [0.1, 0.15) is 0 Å². The summed E-state index contributed by atoms with van der Waals surface area (Å²) < 4.78 is 1.11. The highest BCUT2D eigenvalue weighted by molar-refractivity contribution is 9.10. The van der Waals surface area contributed by atoms with Crippen molar-refractivity contribution in [1.29, 1.82) is 0 Å². The first-order valence-electron chi connectivity index (χ1n) is 6.54. The Morgan fingerprint density at radius 3 is 2.11 bits per heavy atom. The van der Waals surface area contributed by atoms with Crippen molar-refractivity contribution >= 4 is 15.9 Å². The lowest BCUT2D eigenvalue weighted by molar-refractivity contribution is 0.205. The maximum Gasteiger partial charge on any atom is 0.0477 e. The van der Waals surface area contributed by atoms with Crippen LogP contribution in [0.3, 0.4) is 0 Å². The first kappa shape index (κ1) is 12.9. The Morgan fingerprint density at radius 1 is 1.00 bits per heavy atom. The maximum absolute atomic E-state index is 6.00. The van der Waals surface area contributed by atoms with Gasteiger partial charge in [0.25, 0.3) is 0 Å². The van der Waals surface area contributed by atoms with E-state index in [9.17, 15) is 0 Å². The van der Waals surface area contributed by atoms with Crippen molar-refractivity contribution in [3.8, 4) is 0 Å². The second-order valence-electron chi connectivity index (χ2n) is 4.98. The summed E-state index contributed by atoms with van der Waals surface area (Å²) in [4.78, 5) is 2.45. The zero-order valence-corrected chi connectivity index (χ0v) is 12.3. The molecular formula is C16H17BrN2. The molecule has 0 saturated carbocycles. The van der Waals surface area contributed by atoms with Gasteiger partial charge in [-0.05, 0) is 28.8 Å². The molecule has 0 bridgehead atoms. The average Bonchev–Trinajstić information content (AvgIpc) is 2.85. The van der Waals surface area contributed by atoms with E-state index in [4.69, 9.17) is 5.73 Å². The van der Waals surface area contributed by atoms with Crippen LogP contribution in [0.2, 0.25) is 0 Å². The number of benzene rings is 2. The van der Waals surface area contributed by atoms with Crippen LogP contribution in [0.15, 0.2) is 53.0 Å². The summed E-state index contributed by atoms with van der Waals surface area (Å²) in [6.07, 6.45) is 0. The number of rotatable bonds is 3. The van der Waals surface area contributed by atoms with Crippen molar-refractivity contribution in [2.45, 2.75) is 19.1 Å². The van der Waals surface area contributed by atoms with Gasteiger partial charge in [-0.15, -0.1) is 0 Å². The van der Waals surface area contributed by atoms with Gasteiger partial charge < -0.3 is 5.73 Å². The number of halogens is 1. The highest BCUT2D eigenvalue weighted by atomic mass is 79.9. The van der Waals surface area contributed by atoms with Gasteiger partial charge in [0.05, 0.1) is 0 Å². The van der Waals surface area contributed by atoms with Crippen LogP contribution >= 0.6 is 15.9 Å². The predicted octanol–water partition coefficient (Wildman–Crippen LogP) is 3.46. The average molecular weight is 317 g/mol. The molecule has 1 unspecified atom stereocenters. The first-order valence-corrected chi connectivity index (χ1v) is 7.33. The van der Waals surface area contributed by atoms with Crippen molar-refractivity contribution in [2.75, 3.05) is 6.54 Å². The summed E-state index contributed by atoms with van der Waals surface area (Å²) in [6.45, 7) is 2.64. The summed E-state index contributed by atoms with van der Waals surface area (Å²) in [6, 6.07) is 17.4. The van der Waals surface area contributed by atoms with E-state index in [0.717, 1.165) is 17.6 Å². The van der Waals surface area contributed by atoms with Crippen LogP contribution in [0.1, 0.15) is 22.7 Å². The Bertz CT molecular complexity index is 540. The Hall–Kier alpha value is -1.16. The van der Waals surface area contributed by atoms with E-state index in [1.807, 2.05) is 0 Å². The lowest BCUT2D eigenvalue weighted by Crippen LogP contribution is -2.29. The second kappa shape index (κ2) is 5.45. The molecule has 3 heteroatoms. The Morgan fingerprint density at radius 2 is 1.58 bits per heavy atom. The van der Waals surface area contributed by atoms with E-state index in [0.29, 0.717) is 12.6 Å². The van der Waals surface area contributed by atoms with Crippen LogP contribution < -0.4 is 5.73 Å². The highest BCUT2D eigenvalue weighted by Gasteiger charge is 2.25. The van der Waals surface area contributed by atoms with E-state index in [-0.39, 0.29) is 0 Å². The molecule has 1 aliphatic heterocycles. The van der Waals surface area contributed by atoms with Gasteiger partial charge >= 0.3 is 0 Å². The van der Waals surface area contributed by atoms with Gasteiger partial charge in [-0.3, -0.25) is 4.90 Å². The molecule has 0 aromatic heterocycles. The molecule has 0 aliphatic carbocycles. The molecule has 0 spiro atoms. The molecule has 2 N–H and O–H groups in total. The third kappa shape index (κ3) is 2.59. The molecule has 2 nitrogen and oxygen atoms in total. The van der Waals surface area contributed by atoms with Crippen molar-refractivity contribution in [2.24, 2.45) is 5.73 Å². The molecule has 1 atom stereocenters. The number of nitrogens with zero attached hydrogens (tertiary/aromatic N) is 1. The fourth-order valence-corrected chi connectivity index (χ4v) is 3.03. The van der Waals surface area contributed by atoms with E-state index in [1.54, 1.807) is 0 Å². The largest absolute Gasteiger partial charge is 0.329 e. The van der Waals surface area contributed by atoms with E-state index in [2.05, 4.69) is 69.4 Å². The fraction of sp³-hybridized carbons (Fsp3) is 0.250. The lowest BCUT2D eigenvalue weighted by atomic mass is 10.1. The van der Waals surface area contributed by atoms with Crippen LogP contribution in [0.4, 0.5) is 0 Å². The molecule has 2 aromatic rings. The van der Waals surface area contributed by atoms with E-state index >= 15 is 0 Å². The van der Waals surface area contributed by atoms with Gasteiger partial charge in [-0.25, -0.2) is 0 Å². The van der Waals surface area contributed by atoms with Gasteiger partial charge in [0.2, 0.25) is 0 Å². The third-order valence-electron chi connectivity index (χ3n) is 3.78. The third-order valence-corrected chi connectivity index (χ3v) is 4.31. The molecule has 98 valence electrons. The molecule has 1 aliphatic rings. The molecule has 0 radical (unpaired) electrons. The first-order chi connectivity index (χ1) is 9.28. The van der Waals surface area contributed by atoms with Crippen molar-refractivity contribution in [1.82, 2.24) is 4.90 Å². The molecule has 2 aromatic carbocycles. The quantitative estimate of drug-likeness (QED) is 0.939. The van der Waals surface area contributed by atoms with Gasteiger partial charge in [-0.2, -0.15) is 0 Å². The molecule has 3 rings (SSSR count). The van der Waals surface area contributed by atoms with Crippen molar-refractivity contribution in [3.05, 3.63) is 69.7 Å². The smallest absolute Gasteiger partial charge is 0.0477 e. The lowest BCUT2D eigenvalue weighted by Gasteiger charge is -2.26. The monoisotopic (exact) mass is 316 g/mol. The van der Waals surface area contributed by atoms with Gasteiger partial charge in [0, 0.05) is 30.1 Å². The van der Waals surface area contributed by atoms with Crippen LogP contribution in [0.25, 0.3) is 0 Å².